The van der Waals surface area contributed by atoms with Crippen molar-refractivity contribution in [2.75, 3.05) is 25.4 Å². The van der Waals surface area contributed by atoms with Gasteiger partial charge in [-0.1, -0.05) is 6.07 Å². The van der Waals surface area contributed by atoms with Crippen molar-refractivity contribution in [2.24, 2.45) is 0 Å². The fourth-order valence-corrected chi connectivity index (χ4v) is 2.09. The Morgan fingerprint density at radius 3 is 2.81 bits per heavy atom. The lowest BCUT2D eigenvalue weighted by molar-refractivity contribution is -0.0433. The van der Waals surface area contributed by atoms with Gasteiger partial charge in [0, 0.05) is 6.54 Å². The lowest BCUT2D eigenvalue weighted by Gasteiger charge is -2.34. The van der Waals surface area contributed by atoms with Gasteiger partial charge in [0.25, 0.3) is 0 Å². The summed E-state index contributed by atoms with van der Waals surface area (Å²) < 4.78 is 24.5. The lowest BCUT2D eigenvalue weighted by atomic mass is 10.1. The van der Waals surface area contributed by atoms with E-state index in [-0.39, 0.29) is 17.9 Å². The summed E-state index contributed by atoms with van der Waals surface area (Å²) in [6.07, 6.45) is -0.756. The number of morpholine rings is 1. The molecule has 6 heteroatoms. The minimum Gasteiger partial charge on any atom is -0.444 e. The van der Waals surface area contributed by atoms with Crippen LogP contribution in [-0.2, 0) is 9.47 Å². The van der Waals surface area contributed by atoms with Gasteiger partial charge < -0.3 is 20.1 Å². The number of carbonyl (C=O) groups is 1. The Hall–Kier alpha value is -1.82. The van der Waals surface area contributed by atoms with Crippen LogP contribution in [0.25, 0.3) is 0 Å². The molecule has 1 aromatic carbocycles. The number of halogens is 1. The molecule has 0 spiro atoms. The number of hydrogen-bond acceptors (Lipinski definition) is 4. The van der Waals surface area contributed by atoms with E-state index in [4.69, 9.17) is 15.2 Å². The molecule has 5 nitrogen and oxygen atoms in total. The maximum absolute atomic E-state index is 13.5. The quantitative estimate of drug-likeness (QED) is 0.809. The monoisotopic (exact) mass is 296 g/mol. The fourth-order valence-electron chi connectivity index (χ4n) is 2.09. The number of ether oxygens (including phenoxy) is 2. The van der Waals surface area contributed by atoms with Crippen molar-refractivity contribution >= 4 is 11.8 Å². The number of rotatable bonds is 1. The van der Waals surface area contributed by atoms with Gasteiger partial charge in [-0.05, 0) is 38.5 Å². The molecule has 1 atom stereocenters. The molecule has 1 saturated heterocycles. The summed E-state index contributed by atoms with van der Waals surface area (Å²) in [4.78, 5) is 13.6. The van der Waals surface area contributed by atoms with Gasteiger partial charge in [-0.15, -0.1) is 0 Å². The number of nitrogens with two attached hydrogens (primary N) is 1. The summed E-state index contributed by atoms with van der Waals surface area (Å²) in [5, 5.41) is 0. The number of hydrogen-bond donors (Lipinski definition) is 1. The van der Waals surface area contributed by atoms with E-state index in [0.717, 1.165) is 0 Å². The van der Waals surface area contributed by atoms with Gasteiger partial charge in [-0.25, -0.2) is 9.18 Å². The Morgan fingerprint density at radius 1 is 1.48 bits per heavy atom. The molecular weight excluding hydrogens is 275 g/mol. The lowest BCUT2D eigenvalue weighted by Crippen LogP contribution is -2.44. The minimum absolute atomic E-state index is 0.0959. The third-order valence-electron chi connectivity index (χ3n) is 3.11. The van der Waals surface area contributed by atoms with Crippen LogP contribution in [0.1, 0.15) is 32.4 Å². The molecule has 1 aromatic rings. The molecule has 0 aliphatic carbocycles. The highest BCUT2D eigenvalue weighted by Gasteiger charge is 2.29. The summed E-state index contributed by atoms with van der Waals surface area (Å²) >= 11 is 0. The first-order chi connectivity index (χ1) is 9.76. The van der Waals surface area contributed by atoms with Crippen LogP contribution in [0.3, 0.4) is 0 Å². The maximum Gasteiger partial charge on any atom is 0.410 e. The van der Waals surface area contributed by atoms with E-state index < -0.39 is 11.4 Å². The van der Waals surface area contributed by atoms with Crippen molar-refractivity contribution < 1.29 is 18.7 Å². The van der Waals surface area contributed by atoms with Crippen LogP contribution in [0.4, 0.5) is 14.9 Å². The van der Waals surface area contributed by atoms with Gasteiger partial charge in [0.1, 0.15) is 17.5 Å². The van der Waals surface area contributed by atoms with Crippen molar-refractivity contribution in [3.63, 3.8) is 0 Å². The molecule has 0 aromatic heterocycles. The standard InChI is InChI=1S/C15H21FN2O3/c1-15(2,3)21-14(19)18-6-7-20-13(9-18)10-4-5-12(17)11(16)8-10/h4-5,8,13H,6-7,9,17H2,1-3H3/t13-/m1/s1. The molecule has 2 N–H and O–H groups in total. The van der Waals surface area contributed by atoms with Crippen molar-refractivity contribution in [3.05, 3.63) is 29.6 Å². The molecule has 1 aliphatic heterocycles. The molecule has 0 radical (unpaired) electrons. The summed E-state index contributed by atoms with van der Waals surface area (Å²) in [6.45, 7) is 6.63. The predicted octanol–water partition coefficient (Wildman–Crippen LogP) is 2.72. The largest absolute Gasteiger partial charge is 0.444 e. The van der Waals surface area contributed by atoms with E-state index >= 15 is 0 Å². The molecule has 21 heavy (non-hydrogen) atoms. The Kier molecular flexibility index (Phi) is 4.37. The van der Waals surface area contributed by atoms with Crippen molar-refractivity contribution in [3.8, 4) is 0 Å². The van der Waals surface area contributed by atoms with E-state index in [1.807, 2.05) is 20.8 Å². The maximum atomic E-state index is 13.5. The van der Waals surface area contributed by atoms with Gasteiger partial charge in [0.15, 0.2) is 0 Å². The molecule has 0 saturated carbocycles. The molecule has 1 amide bonds. The Labute approximate surface area is 123 Å². The SMILES string of the molecule is CC(C)(C)OC(=O)N1CCO[C@@H](c2ccc(N)c(F)c2)C1. The fraction of sp³-hybridized carbons (Fsp3) is 0.533. The second-order valence-corrected chi connectivity index (χ2v) is 6.07. The van der Waals surface area contributed by atoms with Crippen LogP contribution in [0, 0.1) is 5.82 Å². The first kappa shape index (κ1) is 15.6. The number of anilines is 1. The number of amides is 1. The first-order valence-electron chi connectivity index (χ1n) is 6.91. The van der Waals surface area contributed by atoms with Crippen LogP contribution in [0.15, 0.2) is 18.2 Å². The molecule has 116 valence electrons. The van der Waals surface area contributed by atoms with E-state index in [0.29, 0.717) is 25.3 Å². The zero-order valence-corrected chi connectivity index (χ0v) is 12.6. The smallest absolute Gasteiger partial charge is 0.410 e. The highest BCUT2D eigenvalue weighted by Crippen LogP contribution is 2.25. The average molecular weight is 296 g/mol. The van der Waals surface area contributed by atoms with Crippen molar-refractivity contribution in [1.29, 1.82) is 0 Å². The van der Waals surface area contributed by atoms with Gasteiger partial charge in [-0.2, -0.15) is 0 Å². The summed E-state index contributed by atoms with van der Waals surface area (Å²) in [5.74, 6) is -0.481. The number of carbonyl (C=O) groups excluding carboxylic acids is 1. The Balaban J connectivity index is 2.06. The van der Waals surface area contributed by atoms with Crippen LogP contribution < -0.4 is 5.73 Å². The van der Waals surface area contributed by atoms with Crippen molar-refractivity contribution in [2.45, 2.75) is 32.5 Å². The van der Waals surface area contributed by atoms with Gasteiger partial charge in [0.05, 0.1) is 18.8 Å². The Bertz CT molecular complexity index is 528. The average Bonchev–Trinajstić information content (AvgIpc) is 2.40. The molecule has 2 rings (SSSR count). The highest BCUT2D eigenvalue weighted by molar-refractivity contribution is 5.68. The van der Waals surface area contributed by atoms with Gasteiger partial charge >= 0.3 is 6.09 Å². The second kappa shape index (κ2) is 5.89. The third kappa shape index (κ3) is 4.07. The molecule has 0 bridgehead atoms. The zero-order valence-electron chi connectivity index (χ0n) is 12.6. The summed E-state index contributed by atoms with van der Waals surface area (Å²) in [6, 6.07) is 4.56. The normalized spacial score (nSPS) is 19.4. The molecule has 1 aliphatic rings. The van der Waals surface area contributed by atoms with Gasteiger partial charge in [-0.3, -0.25) is 0 Å². The first-order valence-corrected chi connectivity index (χ1v) is 6.91. The highest BCUT2D eigenvalue weighted by atomic mass is 19.1. The predicted molar refractivity (Wildman–Crippen MR) is 77.3 cm³/mol. The molecule has 1 heterocycles. The van der Waals surface area contributed by atoms with Crippen LogP contribution in [0.5, 0.6) is 0 Å². The summed E-state index contributed by atoms with van der Waals surface area (Å²) in [7, 11) is 0. The van der Waals surface area contributed by atoms with Gasteiger partial charge in [0.2, 0.25) is 0 Å². The van der Waals surface area contributed by atoms with E-state index in [2.05, 4.69) is 0 Å². The molecular formula is C15H21FN2O3. The van der Waals surface area contributed by atoms with E-state index in [9.17, 15) is 9.18 Å². The number of benzene rings is 1. The summed E-state index contributed by atoms with van der Waals surface area (Å²) in [5.41, 5.74) is 5.68. The third-order valence-corrected chi connectivity index (χ3v) is 3.11. The van der Waals surface area contributed by atoms with Crippen LogP contribution in [0.2, 0.25) is 0 Å². The number of nitrogen functional groups attached to an aromatic ring is 1. The van der Waals surface area contributed by atoms with E-state index in [1.54, 1.807) is 11.0 Å². The van der Waals surface area contributed by atoms with Crippen LogP contribution in [-0.4, -0.2) is 36.3 Å². The van der Waals surface area contributed by atoms with Crippen LogP contribution >= 0.6 is 0 Å². The Morgan fingerprint density at radius 2 is 2.19 bits per heavy atom. The molecule has 1 fully saturated rings. The van der Waals surface area contributed by atoms with Crippen molar-refractivity contribution in [1.82, 2.24) is 4.90 Å². The zero-order chi connectivity index (χ0) is 15.6. The number of nitrogens with zero attached hydrogens (tertiary/aromatic N) is 1. The second-order valence-electron chi connectivity index (χ2n) is 6.07. The minimum atomic E-state index is -0.543. The topological polar surface area (TPSA) is 64.8 Å². The van der Waals surface area contributed by atoms with E-state index in [1.165, 1.54) is 12.1 Å². The molecule has 0 unspecified atom stereocenters.